The van der Waals surface area contributed by atoms with E-state index in [0.717, 1.165) is 39.9 Å². The summed E-state index contributed by atoms with van der Waals surface area (Å²) < 4.78 is 12.0. The van der Waals surface area contributed by atoms with Gasteiger partial charge < -0.3 is 19.3 Å². The van der Waals surface area contributed by atoms with E-state index < -0.39 is 0 Å². The van der Waals surface area contributed by atoms with E-state index in [-0.39, 0.29) is 12.5 Å². The maximum Gasteiger partial charge on any atom is 0.260 e. The van der Waals surface area contributed by atoms with Crippen molar-refractivity contribution in [3.8, 4) is 11.5 Å². The van der Waals surface area contributed by atoms with Gasteiger partial charge in [0.1, 0.15) is 11.5 Å². The molecular formula is C20H21N3O3S. The molecule has 1 amide bonds. The van der Waals surface area contributed by atoms with Gasteiger partial charge in [0.15, 0.2) is 11.7 Å². The van der Waals surface area contributed by atoms with Gasteiger partial charge in [-0.05, 0) is 30.3 Å². The van der Waals surface area contributed by atoms with E-state index in [1.807, 2.05) is 53.4 Å². The van der Waals surface area contributed by atoms with Gasteiger partial charge >= 0.3 is 0 Å². The number of para-hydroxylation sites is 1. The summed E-state index contributed by atoms with van der Waals surface area (Å²) in [6, 6.07) is 15.3. The smallest absolute Gasteiger partial charge is 0.260 e. The molecule has 2 aromatic carbocycles. The molecule has 0 atom stereocenters. The number of fused-ring (bicyclic) bond motifs is 1. The zero-order chi connectivity index (χ0) is 18.6. The minimum absolute atomic E-state index is 0.0209. The summed E-state index contributed by atoms with van der Waals surface area (Å²) >= 11 is 1.66. The molecule has 1 saturated heterocycles. The van der Waals surface area contributed by atoms with E-state index in [2.05, 4.69) is 4.90 Å². The topological polar surface area (TPSA) is 54.9 Å². The van der Waals surface area contributed by atoms with Crippen LogP contribution in [0.1, 0.15) is 0 Å². The highest BCUT2D eigenvalue weighted by molar-refractivity contribution is 7.22. The Morgan fingerprint density at radius 1 is 1.07 bits per heavy atom. The number of ether oxygens (including phenoxy) is 2. The van der Waals surface area contributed by atoms with Crippen LogP contribution < -0.4 is 14.4 Å². The lowest BCUT2D eigenvalue weighted by Gasteiger charge is -2.34. The molecule has 1 aliphatic heterocycles. The number of thiazole rings is 1. The average Bonchev–Trinajstić information content (AvgIpc) is 3.16. The van der Waals surface area contributed by atoms with Gasteiger partial charge in [-0.15, -0.1) is 0 Å². The largest absolute Gasteiger partial charge is 0.497 e. The third-order valence-corrected chi connectivity index (χ3v) is 5.67. The molecule has 1 aromatic heterocycles. The van der Waals surface area contributed by atoms with E-state index in [0.29, 0.717) is 13.1 Å². The van der Waals surface area contributed by atoms with Crippen molar-refractivity contribution in [1.82, 2.24) is 9.88 Å². The normalized spacial score (nSPS) is 14.4. The lowest BCUT2D eigenvalue weighted by molar-refractivity contribution is -0.133. The zero-order valence-electron chi connectivity index (χ0n) is 15.1. The summed E-state index contributed by atoms with van der Waals surface area (Å²) in [4.78, 5) is 21.2. The molecule has 0 bridgehead atoms. The van der Waals surface area contributed by atoms with Gasteiger partial charge in [0.25, 0.3) is 5.91 Å². The number of hydrogen-bond acceptors (Lipinski definition) is 6. The Kier molecular flexibility index (Phi) is 5.11. The van der Waals surface area contributed by atoms with Crippen molar-refractivity contribution < 1.29 is 14.3 Å². The first-order valence-electron chi connectivity index (χ1n) is 8.88. The van der Waals surface area contributed by atoms with Crippen molar-refractivity contribution in [2.24, 2.45) is 0 Å². The van der Waals surface area contributed by atoms with Crippen LogP contribution in [0.5, 0.6) is 11.5 Å². The van der Waals surface area contributed by atoms with E-state index in [1.165, 1.54) is 0 Å². The highest BCUT2D eigenvalue weighted by Gasteiger charge is 2.23. The molecule has 6 nitrogen and oxygen atoms in total. The Morgan fingerprint density at radius 3 is 2.59 bits per heavy atom. The monoisotopic (exact) mass is 383 g/mol. The van der Waals surface area contributed by atoms with Crippen LogP contribution in [0.25, 0.3) is 10.2 Å². The van der Waals surface area contributed by atoms with Gasteiger partial charge in [-0.25, -0.2) is 4.98 Å². The van der Waals surface area contributed by atoms with E-state index in [9.17, 15) is 4.79 Å². The summed E-state index contributed by atoms with van der Waals surface area (Å²) in [7, 11) is 1.67. The number of piperazine rings is 1. The van der Waals surface area contributed by atoms with E-state index in [1.54, 1.807) is 18.4 Å². The Morgan fingerprint density at radius 2 is 1.85 bits per heavy atom. The van der Waals surface area contributed by atoms with Gasteiger partial charge in [0, 0.05) is 26.2 Å². The lowest BCUT2D eigenvalue weighted by atomic mass is 10.3. The lowest BCUT2D eigenvalue weighted by Crippen LogP contribution is -2.50. The molecule has 0 radical (unpaired) electrons. The summed E-state index contributed by atoms with van der Waals surface area (Å²) in [6.45, 7) is 2.97. The van der Waals surface area contributed by atoms with Gasteiger partial charge in [0.05, 0.1) is 17.3 Å². The van der Waals surface area contributed by atoms with Crippen molar-refractivity contribution >= 4 is 32.6 Å². The minimum atomic E-state index is 0.0209. The van der Waals surface area contributed by atoms with Gasteiger partial charge in [-0.3, -0.25) is 4.79 Å². The van der Waals surface area contributed by atoms with Crippen LogP contribution in [0.15, 0.2) is 48.5 Å². The van der Waals surface area contributed by atoms with Gasteiger partial charge in [-0.1, -0.05) is 29.5 Å². The number of anilines is 1. The number of carbonyl (C=O) groups is 1. The highest BCUT2D eigenvalue weighted by Crippen LogP contribution is 2.31. The molecule has 140 valence electrons. The number of methoxy groups -OCH3 is 1. The van der Waals surface area contributed by atoms with Crippen LogP contribution in [0.2, 0.25) is 0 Å². The molecule has 0 spiro atoms. The number of amides is 1. The first-order valence-corrected chi connectivity index (χ1v) is 9.70. The predicted octanol–water partition coefficient (Wildman–Crippen LogP) is 3.03. The maximum absolute atomic E-state index is 12.4. The standard InChI is InChI=1S/C20H21N3O3S/c1-25-16-7-8-17-18(13-16)27-20(21-17)23-11-9-22(10-12-23)19(24)14-26-15-5-3-2-4-6-15/h2-8,13H,9-12,14H2,1H3. The van der Waals surface area contributed by atoms with E-state index in [4.69, 9.17) is 14.5 Å². The molecule has 1 fully saturated rings. The van der Waals surface area contributed by atoms with Crippen molar-refractivity contribution in [3.63, 3.8) is 0 Å². The Bertz CT molecular complexity index is 921. The van der Waals surface area contributed by atoms with Crippen molar-refractivity contribution in [2.45, 2.75) is 0 Å². The summed E-state index contributed by atoms with van der Waals surface area (Å²) in [5, 5.41) is 0.992. The first kappa shape index (κ1) is 17.6. The molecule has 0 aliphatic carbocycles. The second kappa shape index (κ2) is 7.84. The third-order valence-electron chi connectivity index (χ3n) is 4.59. The summed E-state index contributed by atoms with van der Waals surface area (Å²) in [5.41, 5.74) is 0.977. The number of rotatable bonds is 5. The van der Waals surface area contributed by atoms with Crippen LogP contribution in [0, 0.1) is 0 Å². The molecule has 0 saturated carbocycles. The van der Waals surface area contributed by atoms with Gasteiger partial charge in [-0.2, -0.15) is 0 Å². The number of aromatic nitrogens is 1. The molecule has 1 aliphatic rings. The Balaban J connectivity index is 1.33. The van der Waals surface area contributed by atoms with E-state index >= 15 is 0 Å². The fraction of sp³-hybridized carbons (Fsp3) is 0.300. The molecule has 0 unspecified atom stereocenters. The number of carbonyl (C=O) groups excluding carboxylic acids is 1. The number of nitrogens with zero attached hydrogens (tertiary/aromatic N) is 3. The minimum Gasteiger partial charge on any atom is -0.497 e. The molecular weight excluding hydrogens is 362 g/mol. The van der Waals surface area contributed by atoms with Crippen molar-refractivity contribution in [2.75, 3.05) is 44.8 Å². The zero-order valence-corrected chi connectivity index (χ0v) is 15.9. The molecule has 4 rings (SSSR count). The van der Waals surface area contributed by atoms with Crippen LogP contribution >= 0.6 is 11.3 Å². The SMILES string of the molecule is COc1ccc2nc(N3CCN(C(=O)COc4ccccc4)CC3)sc2c1. The number of hydrogen-bond donors (Lipinski definition) is 0. The molecule has 0 N–H and O–H groups in total. The van der Waals surface area contributed by atoms with Crippen molar-refractivity contribution in [3.05, 3.63) is 48.5 Å². The molecule has 3 aromatic rings. The summed E-state index contributed by atoms with van der Waals surface area (Å²) in [5.74, 6) is 1.58. The maximum atomic E-state index is 12.4. The Hall–Kier alpha value is -2.80. The number of benzene rings is 2. The summed E-state index contributed by atoms with van der Waals surface area (Å²) in [6.07, 6.45) is 0. The quantitative estimate of drug-likeness (QED) is 0.678. The second-order valence-electron chi connectivity index (χ2n) is 6.30. The van der Waals surface area contributed by atoms with Crippen LogP contribution in [0.3, 0.4) is 0 Å². The fourth-order valence-corrected chi connectivity index (χ4v) is 4.10. The molecule has 27 heavy (non-hydrogen) atoms. The molecule has 7 heteroatoms. The fourth-order valence-electron chi connectivity index (χ4n) is 3.06. The third kappa shape index (κ3) is 3.98. The van der Waals surface area contributed by atoms with Crippen LogP contribution in [-0.2, 0) is 4.79 Å². The van der Waals surface area contributed by atoms with Crippen LogP contribution in [-0.4, -0.2) is 55.7 Å². The highest BCUT2D eigenvalue weighted by atomic mass is 32.1. The van der Waals surface area contributed by atoms with Gasteiger partial charge in [0.2, 0.25) is 0 Å². The predicted molar refractivity (Wildman–Crippen MR) is 107 cm³/mol. The second-order valence-corrected chi connectivity index (χ2v) is 7.31. The Labute approximate surface area is 161 Å². The van der Waals surface area contributed by atoms with Crippen LogP contribution in [0.4, 0.5) is 5.13 Å². The first-order chi connectivity index (χ1) is 13.2. The average molecular weight is 383 g/mol. The molecule has 2 heterocycles. The van der Waals surface area contributed by atoms with Crippen molar-refractivity contribution in [1.29, 1.82) is 0 Å².